The van der Waals surface area contributed by atoms with Crippen molar-refractivity contribution in [1.82, 2.24) is 46.8 Å². The number of unbranched alkanes of at least 4 members (excludes halogenated alkanes) is 1. The summed E-state index contributed by atoms with van der Waals surface area (Å²) >= 11 is 0. The lowest BCUT2D eigenvalue weighted by Gasteiger charge is -2.32. The molecule has 18 nitrogen and oxygen atoms in total. The quantitative estimate of drug-likeness (QED) is 0.0638. The molecule has 18 heteroatoms. The average Bonchev–Trinajstić information content (AvgIpc) is 3.67. The molecule has 1 saturated heterocycles. The number of aliphatic hydroxyl groups is 1. The number of rotatable bonds is 19. The van der Waals surface area contributed by atoms with Crippen LogP contribution in [0.4, 0.5) is 0 Å². The molecule has 0 saturated carbocycles. The minimum absolute atomic E-state index is 0.0697. The Morgan fingerprint density at radius 3 is 2.23 bits per heavy atom. The fourth-order valence-corrected chi connectivity index (χ4v) is 5.11. The molecule has 0 bridgehead atoms. The van der Waals surface area contributed by atoms with E-state index in [2.05, 4.69) is 36.6 Å². The third kappa shape index (κ3) is 12.0. The zero-order chi connectivity index (χ0) is 35.3. The Balaban J connectivity index is 2.09. The number of aromatic amines is 1. The Hall–Kier alpha value is -4.48. The molecule has 2 heterocycles. The van der Waals surface area contributed by atoms with Gasteiger partial charge in [0.15, 0.2) is 0 Å². The van der Waals surface area contributed by atoms with Crippen LogP contribution in [0.15, 0.2) is 0 Å². The van der Waals surface area contributed by atoms with Crippen molar-refractivity contribution in [1.29, 1.82) is 0 Å². The fraction of sp³-hybridized carbons (Fsp3) is 0.724. The van der Waals surface area contributed by atoms with Crippen molar-refractivity contribution in [3.63, 3.8) is 0 Å². The Labute approximate surface area is 272 Å². The number of nitrogens with zero attached hydrogens (tertiary/aromatic N) is 4. The molecule has 1 aliphatic heterocycles. The number of aliphatic hydroxyl groups excluding tert-OH is 1. The normalized spacial score (nSPS) is 17.9. The first-order valence-electron chi connectivity index (χ1n) is 15.8. The molecular weight excluding hydrogens is 618 g/mol. The van der Waals surface area contributed by atoms with E-state index >= 15 is 0 Å². The van der Waals surface area contributed by atoms with Crippen molar-refractivity contribution in [3.05, 3.63) is 5.82 Å². The summed E-state index contributed by atoms with van der Waals surface area (Å²) < 4.78 is 0. The van der Waals surface area contributed by atoms with Crippen LogP contribution in [0.5, 0.6) is 0 Å². The lowest BCUT2D eigenvalue weighted by molar-refractivity contribution is -0.145. The maximum absolute atomic E-state index is 13.8. The Kier molecular flexibility index (Phi) is 15.3. The van der Waals surface area contributed by atoms with Gasteiger partial charge in [-0.25, -0.2) is 5.10 Å². The van der Waals surface area contributed by atoms with Gasteiger partial charge in [0.2, 0.25) is 29.4 Å². The highest BCUT2D eigenvalue weighted by molar-refractivity contribution is 6.38. The summed E-state index contributed by atoms with van der Waals surface area (Å²) in [6, 6.07) is -4.57. The highest BCUT2D eigenvalue weighted by Gasteiger charge is 2.43. The Bertz CT molecular complexity index is 1260. The molecular formula is C29H47N9O9. The largest absolute Gasteiger partial charge is 0.480 e. The van der Waals surface area contributed by atoms with Crippen LogP contribution in [0.1, 0.15) is 79.0 Å². The lowest BCUT2D eigenvalue weighted by atomic mass is 9.98. The van der Waals surface area contributed by atoms with E-state index in [0.717, 1.165) is 4.90 Å². The second kappa shape index (κ2) is 18.6. The number of amides is 5. The number of Topliss-reactive ketones (excluding diaryl/α,β-unsaturated/α-hetero) is 1. The SMILES string of the molecule is CCCC(NC(=O)[C@@H]1C[C@@H](O)CN1C(=O)[C@@H](NC(=O)[C@H](NC(=O)CCCCc1nnn[nH]1)C(C)C)C(C)C)C(=O)C(=O)NCC(=O)O. The summed E-state index contributed by atoms with van der Waals surface area (Å²) in [7, 11) is 0. The van der Waals surface area contributed by atoms with Crippen molar-refractivity contribution in [2.75, 3.05) is 13.1 Å². The van der Waals surface area contributed by atoms with Crippen LogP contribution in [-0.2, 0) is 40.0 Å². The summed E-state index contributed by atoms with van der Waals surface area (Å²) in [4.78, 5) is 90.0. The lowest BCUT2D eigenvalue weighted by Crippen LogP contribution is -2.59. The van der Waals surface area contributed by atoms with E-state index in [0.29, 0.717) is 31.5 Å². The van der Waals surface area contributed by atoms with Gasteiger partial charge in [0, 0.05) is 25.8 Å². The van der Waals surface area contributed by atoms with Crippen LogP contribution in [0.2, 0.25) is 0 Å². The van der Waals surface area contributed by atoms with Gasteiger partial charge in [-0.05, 0) is 41.5 Å². The van der Waals surface area contributed by atoms with Crippen LogP contribution in [0.3, 0.4) is 0 Å². The van der Waals surface area contributed by atoms with Gasteiger partial charge in [-0.3, -0.25) is 33.6 Å². The predicted octanol–water partition coefficient (Wildman–Crippen LogP) is -1.79. The number of hydrogen-bond acceptors (Lipinski definition) is 11. The predicted molar refractivity (Wildman–Crippen MR) is 164 cm³/mol. The Morgan fingerprint density at radius 1 is 0.979 bits per heavy atom. The number of β-amino-alcohol motifs (C(OH)–C–C–N with tert-alkyl or cyclic N) is 1. The number of H-pyrrole nitrogens is 1. The summed E-state index contributed by atoms with van der Waals surface area (Å²) in [5.41, 5.74) is 0. The fourth-order valence-electron chi connectivity index (χ4n) is 5.11. The van der Waals surface area contributed by atoms with Gasteiger partial charge in [0.25, 0.3) is 5.91 Å². The number of nitrogens with one attached hydrogen (secondary N) is 5. The summed E-state index contributed by atoms with van der Waals surface area (Å²) in [6.07, 6.45) is 1.16. The van der Waals surface area contributed by atoms with Gasteiger partial charge >= 0.3 is 5.97 Å². The van der Waals surface area contributed by atoms with E-state index in [4.69, 9.17) is 5.11 Å². The molecule has 0 aromatic carbocycles. The third-order valence-electron chi connectivity index (χ3n) is 7.65. The molecule has 0 spiro atoms. The van der Waals surface area contributed by atoms with Crippen molar-refractivity contribution in [2.45, 2.75) is 110 Å². The van der Waals surface area contributed by atoms with Gasteiger partial charge < -0.3 is 36.4 Å². The third-order valence-corrected chi connectivity index (χ3v) is 7.65. The topological polar surface area (TPSA) is 266 Å². The van der Waals surface area contributed by atoms with Crippen molar-refractivity contribution in [3.8, 4) is 0 Å². The van der Waals surface area contributed by atoms with E-state index in [1.807, 2.05) is 5.32 Å². The van der Waals surface area contributed by atoms with E-state index in [-0.39, 0.29) is 37.6 Å². The first-order valence-corrected chi connectivity index (χ1v) is 15.8. The standard InChI is InChI=1S/C29H47N9O9/c1-6-9-18(25(43)28(46)30-13-22(41)42)31-26(44)19-12-17(39)14-38(19)29(47)24(16(4)5)33-27(45)23(15(2)3)32-21(40)11-8-7-10-20-34-36-37-35-20/h15-19,23-24,39H,6-14H2,1-5H3,(H,30,46)(H,31,44)(H,32,40)(H,33,45)(H,41,42)(H,34,35,36,37)/t17-,18?,19+,23-,24+/m1/s1. The number of tetrazole rings is 1. The zero-order valence-electron chi connectivity index (χ0n) is 27.4. The van der Waals surface area contributed by atoms with E-state index in [9.17, 15) is 38.7 Å². The summed E-state index contributed by atoms with van der Waals surface area (Å²) in [6.45, 7) is 7.63. The number of carbonyl (C=O) groups excluding carboxylic acids is 6. The Morgan fingerprint density at radius 2 is 1.66 bits per heavy atom. The first-order chi connectivity index (χ1) is 22.2. The maximum Gasteiger partial charge on any atom is 0.322 e. The van der Waals surface area contributed by atoms with E-state index in [1.54, 1.807) is 34.6 Å². The maximum atomic E-state index is 13.8. The molecule has 1 aromatic heterocycles. The number of carbonyl (C=O) groups is 7. The van der Waals surface area contributed by atoms with Gasteiger partial charge in [-0.2, -0.15) is 0 Å². The smallest absolute Gasteiger partial charge is 0.322 e. The van der Waals surface area contributed by atoms with Gasteiger partial charge in [0.05, 0.1) is 12.1 Å². The number of hydrogen-bond donors (Lipinski definition) is 7. The van der Waals surface area contributed by atoms with Crippen molar-refractivity contribution in [2.24, 2.45) is 11.8 Å². The molecule has 1 fully saturated rings. The number of carboxylic acid groups (broad SMARTS) is 1. The van der Waals surface area contributed by atoms with Crippen molar-refractivity contribution >= 4 is 41.3 Å². The van der Waals surface area contributed by atoms with Crippen LogP contribution in [-0.4, -0.2) is 120 Å². The molecule has 1 aliphatic rings. The van der Waals surface area contributed by atoms with Gasteiger partial charge in [0.1, 0.15) is 30.5 Å². The monoisotopic (exact) mass is 665 g/mol. The molecule has 5 amide bonds. The molecule has 1 aromatic rings. The number of carboxylic acids is 1. The minimum Gasteiger partial charge on any atom is -0.480 e. The molecule has 1 unspecified atom stereocenters. The van der Waals surface area contributed by atoms with Gasteiger partial charge in [-0.1, -0.05) is 41.0 Å². The molecule has 7 N–H and O–H groups in total. The number of ketones is 1. The van der Waals surface area contributed by atoms with E-state index < -0.39 is 78.1 Å². The number of likely N-dealkylation sites (tertiary alicyclic amines) is 1. The number of aryl methyl sites for hydroxylation is 1. The number of aromatic nitrogens is 4. The van der Waals surface area contributed by atoms with Crippen LogP contribution < -0.4 is 21.3 Å². The van der Waals surface area contributed by atoms with Crippen LogP contribution in [0, 0.1) is 11.8 Å². The first kappa shape index (κ1) is 38.7. The van der Waals surface area contributed by atoms with Crippen LogP contribution >= 0.6 is 0 Å². The second-order valence-electron chi connectivity index (χ2n) is 12.3. The molecule has 0 aliphatic carbocycles. The van der Waals surface area contributed by atoms with Crippen LogP contribution in [0.25, 0.3) is 0 Å². The minimum atomic E-state index is -1.35. The molecule has 47 heavy (non-hydrogen) atoms. The summed E-state index contributed by atoms with van der Waals surface area (Å²) in [5, 5.41) is 42.5. The average molecular weight is 666 g/mol. The second-order valence-corrected chi connectivity index (χ2v) is 12.3. The molecule has 0 radical (unpaired) electrons. The zero-order valence-corrected chi connectivity index (χ0v) is 27.4. The van der Waals surface area contributed by atoms with E-state index in [1.165, 1.54) is 0 Å². The molecule has 5 atom stereocenters. The summed E-state index contributed by atoms with van der Waals surface area (Å²) in [5.74, 6) is -6.09. The van der Waals surface area contributed by atoms with Gasteiger partial charge in [-0.15, -0.1) is 5.10 Å². The highest BCUT2D eigenvalue weighted by atomic mass is 16.4. The molecule has 262 valence electrons. The number of aliphatic carboxylic acids is 1. The van der Waals surface area contributed by atoms with Crippen molar-refractivity contribution < 1.29 is 43.8 Å². The molecule has 2 rings (SSSR count). The highest BCUT2D eigenvalue weighted by Crippen LogP contribution is 2.22.